The summed E-state index contributed by atoms with van der Waals surface area (Å²) < 4.78 is 0. The van der Waals surface area contributed by atoms with Crippen molar-refractivity contribution in [1.29, 1.82) is 0 Å². The molecule has 5 heteroatoms. The van der Waals surface area contributed by atoms with Gasteiger partial charge in [0.1, 0.15) is 0 Å². The van der Waals surface area contributed by atoms with Gasteiger partial charge in [-0.2, -0.15) is 0 Å². The van der Waals surface area contributed by atoms with Gasteiger partial charge in [0.25, 0.3) is 5.69 Å². The molecular formula is C20H22N2O3. The van der Waals surface area contributed by atoms with E-state index in [0.29, 0.717) is 6.54 Å². The molecule has 0 aliphatic heterocycles. The largest absolute Gasteiger partial charge is 0.395 e. The summed E-state index contributed by atoms with van der Waals surface area (Å²) in [4.78, 5) is 12.5. The standard InChI is InChI=1S/C20H22N2O3/c1-2-21(15-16-23)20(10-6-9-17-7-4-3-5-8-17)18-11-13-19(14-12-18)22(24)25/h3-14,23H,2,15-16H2,1H3. The first-order valence-corrected chi connectivity index (χ1v) is 8.19. The van der Waals surface area contributed by atoms with Gasteiger partial charge in [-0.1, -0.05) is 42.5 Å². The molecule has 0 aromatic heterocycles. The fraction of sp³-hybridized carbons (Fsp3) is 0.200. The summed E-state index contributed by atoms with van der Waals surface area (Å²) in [5.41, 5.74) is 2.94. The Labute approximate surface area is 147 Å². The zero-order valence-corrected chi connectivity index (χ0v) is 14.2. The van der Waals surface area contributed by atoms with Crippen LogP contribution in [0.5, 0.6) is 0 Å². The summed E-state index contributed by atoms with van der Waals surface area (Å²) in [6.45, 7) is 3.28. The second-order valence-electron chi connectivity index (χ2n) is 5.43. The molecule has 2 aromatic rings. The van der Waals surface area contributed by atoms with E-state index in [0.717, 1.165) is 23.4 Å². The molecule has 5 nitrogen and oxygen atoms in total. The van der Waals surface area contributed by atoms with E-state index in [1.54, 1.807) is 12.1 Å². The first kappa shape index (κ1) is 18.4. The third-order valence-corrected chi connectivity index (χ3v) is 3.81. The highest BCUT2D eigenvalue weighted by atomic mass is 16.6. The van der Waals surface area contributed by atoms with Crippen LogP contribution >= 0.6 is 0 Å². The van der Waals surface area contributed by atoms with Crippen molar-refractivity contribution in [2.45, 2.75) is 6.92 Å². The van der Waals surface area contributed by atoms with Gasteiger partial charge in [0, 0.05) is 30.9 Å². The SMILES string of the molecule is CCN(CCO)C(=CC=Cc1ccccc1)c1ccc([N+](=O)[O-])cc1. The molecule has 0 unspecified atom stereocenters. The Kier molecular flexibility index (Phi) is 6.92. The van der Waals surface area contributed by atoms with Crippen molar-refractivity contribution in [2.75, 3.05) is 19.7 Å². The van der Waals surface area contributed by atoms with E-state index >= 15 is 0 Å². The van der Waals surface area contributed by atoms with Gasteiger partial charge < -0.3 is 10.0 Å². The number of hydrogen-bond donors (Lipinski definition) is 1. The van der Waals surface area contributed by atoms with Crippen LogP contribution in [-0.4, -0.2) is 34.6 Å². The number of nitrogens with zero attached hydrogens (tertiary/aromatic N) is 2. The van der Waals surface area contributed by atoms with Crippen LogP contribution in [-0.2, 0) is 0 Å². The van der Waals surface area contributed by atoms with Crippen LogP contribution in [0.15, 0.2) is 66.7 Å². The Morgan fingerprint density at radius 1 is 1.16 bits per heavy atom. The van der Waals surface area contributed by atoms with E-state index in [1.807, 2.05) is 60.4 Å². The number of likely N-dealkylation sites (N-methyl/N-ethyl adjacent to an activating group) is 1. The Morgan fingerprint density at radius 3 is 2.40 bits per heavy atom. The smallest absolute Gasteiger partial charge is 0.269 e. The second-order valence-corrected chi connectivity index (χ2v) is 5.43. The molecule has 0 aliphatic rings. The molecule has 25 heavy (non-hydrogen) atoms. The lowest BCUT2D eigenvalue weighted by molar-refractivity contribution is -0.384. The van der Waals surface area contributed by atoms with E-state index in [2.05, 4.69) is 0 Å². The third kappa shape index (κ3) is 5.29. The van der Waals surface area contributed by atoms with Crippen LogP contribution in [0, 0.1) is 10.1 Å². The Hall–Kier alpha value is -2.92. The highest BCUT2D eigenvalue weighted by Gasteiger charge is 2.11. The Balaban J connectivity index is 2.33. The summed E-state index contributed by atoms with van der Waals surface area (Å²) in [7, 11) is 0. The minimum Gasteiger partial charge on any atom is -0.395 e. The number of hydrogen-bond acceptors (Lipinski definition) is 4. The van der Waals surface area contributed by atoms with Crippen molar-refractivity contribution in [3.05, 3.63) is 88.0 Å². The summed E-state index contributed by atoms with van der Waals surface area (Å²) in [5.74, 6) is 0. The van der Waals surface area contributed by atoms with E-state index < -0.39 is 4.92 Å². The van der Waals surface area contributed by atoms with E-state index in [1.165, 1.54) is 12.1 Å². The van der Waals surface area contributed by atoms with Crippen molar-refractivity contribution < 1.29 is 10.0 Å². The number of aliphatic hydroxyl groups excluding tert-OH is 1. The molecule has 2 aromatic carbocycles. The molecule has 130 valence electrons. The number of aliphatic hydroxyl groups is 1. The Bertz CT molecular complexity index is 737. The summed E-state index contributed by atoms with van der Waals surface area (Å²) in [6.07, 6.45) is 5.91. The van der Waals surface area contributed by atoms with Crippen LogP contribution in [0.2, 0.25) is 0 Å². The van der Waals surface area contributed by atoms with Crippen molar-refractivity contribution >= 4 is 17.5 Å². The van der Waals surface area contributed by atoms with Gasteiger partial charge in [-0.05, 0) is 36.3 Å². The molecule has 0 saturated carbocycles. The highest BCUT2D eigenvalue weighted by Crippen LogP contribution is 2.22. The molecule has 0 aliphatic carbocycles. The van der Waals surface area contributed by atoms with Gasteiger partial charge in [0.2, 0.25) is 0 Å². The summed E-state index contributed by atoms with van der Waals surface area (Å²) in [5, 5.41) is 20.1. The lowest BCUT2D eigenvalue weighted by Crippen LogP contribution is -2.25. The van der Waals surface area contributed by atoms with Gasteiger partial charge >= 0.3 is 0 Å². The number of non-ortho nitro benzene ring substituents is 1. The molecule has 0 atom stereocenters. The molecule has 0 spiro atoms. The maximum absolute atomic E-state index is 10.8. The molecule has 0 heterocycles. The zero-order chi connectivity index (χ0) is 18.1. The van der Waals surface area contributed by atoms with Gasteiger partial charge in [-0.15, -0.1) is 0 Å². The lowest BCUT2D eigenvalue weighted by Gasteiger charge is -2.25. The average molecular weight is 338 g/mol. The lowest BCUT2D eigenvalue weighted by atomic mass is 10.1. The highest BCUT2D eigenvalue weighted by molar-refractivity contribution is 5.68. The molecular weight excluding hydrogens is 316 g/mol. The maximum Gasteiger partial charge on any atom is 0.269 e. The Morgan fingerprint density at radius 2 is 1.84 bits per heavy atom. The molecule has 0 amide bonds. The van der Waals surface area contributed by atoms with E-state index in [4.69, 9.17) is 0 Å². The minimum atomic E-state index is -0.409. The van der Waals surface area contributed by atoms with Gasteiger partial charge in [0.15, 0.2) is 0 Å². The molecule has 0 saturated heterocycles. The molecule has 0 radical (unpaired) electrons. The van der Waals surface area contributed by atoms with E-state index in [-0.39, 0.29) is 12.3 Å². The topological polar surface area (TPSA) is 66.6 Å². The van der Waals surface area contributed by atoms with Crippen LogP contribution in [0.3, 0.4) is 0 Å². The predicted octanol–water partition coefficient (Wildman–Crippen LogP) is 3.96. The molecule has 0 fully saturated rings. The first-order chi connectivity index (χ1) is 12.2. The number of benzene rings is 2. The molecule has 2 rings (SSSR count). The van der Waals surface area contributed by atoms with E-state index in [9.17, 15) is 15.2 Å². The monoisotopic (exact) mass is 338 g/mol. The van der Waals surface area contributed by atoms with Gasteiger partial charge in [-0.25, -0.2) is 0 Å². The fourth-order valence-electron chi connectivity index (χ4n) is 2.52. The van der Waals surface area contributed by atoms with Gasteiger partial charge in [-0.3, -0.25) is 10.1 Å². The average Bonchev–Trinajstić information content (AvgIpc) is 2.65. The fourth-order valence-corrected chi connectivity index (χ4v) is 2.52. The van der Waals surface area contributed by atoms with Crippen molar-refractivity contribution in [3.63, 3.8) is 0 Å². The van der Waals surface area contributed by atoms with Crippen molar-refractivity contribution in [3.8, 4) is 0 Å². The minimum absolute atomic E-state index is 0.0422. The third-order valence-electron chi connectivity index (χ3n) is 3.81. The van der Waals surface area contributed by atoms with Crippen LogP contribution in [0.1, 0.15) is 18.1 Å². The van der Waals surface area contributed by atoms with Crippen molar-refractivity contribution in [1.82, 2.24) is 4.90 Å². The quantitative estimate of drug-likeness (QED) is 0.449. The van der Waals surface area contributed by atoms with Crippen LogP contribution in [0.25, 0.3) is 11.8 Å². The zero-order valence-electron chi connectivity index (χ0n) is 14.2. The molecule has 1 N–H and O–H groups in total. The number of nitro benzene ring substituents is 1. The van der Waals surface area contributed by atoms with Crippen LogP contribution < -0.4 is 0 Å². The van der Waals surface area contributed by atoms with Gasteiger partial charge in [0.05, 0.1) is 11.5 Å². The first-order valence-electron chi connectivity index (χ1n) is 8.19. The summed E-state index contributed by atoms with van der Waals surface area (Å²) in [6, 6.07) is 16.4. The number of nitro groups is 1. The molecule has 0 bridgehead atoms. The normalized spacial score (nSPS) is 11.7. The maximum atomic E-state index is 10.8. The summed E-state index contributed by atoms with van der Waals surface area (Å²) >= 11 is 0. The van der Waals surface area contributed by atoms with Crippen molar-refractivity contribution in [2.24, 2.45) is 0 Å². The number of allylic oxidation sites excluding steroid dienone is 2. The van der Waals surface area contributed by atoms with Crippen LogP contribution in [0.4, 0.5) is 5.69 Å². The second kappa shape index (κ2) is 9.39. The predicted molar refractivity (Wildman–Crippen MR) is 101 cm³/mol. The number of rotatable bonds is 8.